The Labute approximate surface area is 132 Å². The van der Waals surface area contributed by atoms with E-state index in [1.807, 2.05) is 0 Å². The van der Waals surface area contributed by atoms with Gasteiger partial charge in [-0.1, -0.05) is 20.8 Å². The molecule has 6 heteroatoms. The quantitative estimate of drug-likeness (QED) is 0.602. The fraction of sp³-hybridized carbons (Fsp3) is 0.875. The summed E-state index contributed by atoms with van der Waals surface area (Å²) in [6.07, 6.45) is 0.873. The number of rotatable bonds is 6. The van der Waals surface area contributed by atoms with Gasteiger partial charge in [-0.05, 0) is 25.2 Å². The average Bonchev–Trinajstić information content (AvgIpc) is 2.42. The Balaban J connectivity index is 2.47. The number of carbonyl (C=O) groups is 2. The van der Waals surface area contributed by atoms with Gasteiger partial charge in [-0.15, -0.1) is 0 Å². The summed E-state index contributed by atoms with van der Waals surface area (Å²) in [5.74, 6) is -0.0425. The van der Waals surface area contributed by atoms with E-state index in [4.69, 9.17) is 14.6 Å². The molecule has 1 aliphatic heterocycles. The van der Waals surface area contributed by atoms with E-state index in [-0.39, 0.29) is 23.4 Å². The van der Waals surface area contributed by atoms with Gasteiger partial charge < -0.3 is 19.5 Å². The van der Waals surface area contributed by atoms with Crippen molar-refractivity contribution < 1.29 is 24.2 Å². The molecule has 22 heavy (non-hydrogen) atoms. The Bertz CT molecular complexity index is 377. The van der Waals surface area contributed by atoms with Crippen molar-refractivity contribution in [2.24, 2.45) is 11.3 Å². The van der Waals surface area contributed by atoms with Crippen molar-refractivity contribution in [2.45, 2.75) is 53.1 Å². The van der Waals surface area contributed by atoms with Gasteiger partial charge in [0.05, 0.1) is 12.7 Å². The second-order valence-electron chi connectivity index (χ2n) is 6.81. The van der Waals surface area contributed by atoms with E-state index in [0.717, 1.165) is 0 Å². The topological polar surface area (TPSA) is 76.1 Å². The molecule has 1 heterocycles. The van der Waals surface area contributed by atoms with Gasteiger partial charge >= 0.3 is 12.1 Å². The van der Waals surface area contributed by atoms with Crippen molar-refractivity contribution in [1.82, 2.24) is 4.90 Å². The highest BCUT2D eigenvalue weighted by Gasteiger charge is 2.38. The van der Waals surface area contributed by atoms with Crippen LogP contribution in [0.5, 0.6) is 0 Å². The zero-order chi connectivity index (χ0) is 16.8. The third-order valence-corrected chi connectivity index (χ3v) is 4.09. The highest BCUT2D eigenvalue weighted by Crippen LogP contribution is 2.35. The largest absolute Gasteiger partial charge is 0.466 e. The lowest BCUT2D eigenvalue weighted by atomic mass is 9.74. The Morgan fingerprint density at radius 2 is 2.00 bits per heavy atom. The van der Waals surface area contributed by atoms with Gasteiger partial charge in [0, 0.05) is 32.0 Å². The van der Waals surface area contributed by atoms with Crippen LogP contribution in [0.2, 0.25) is 0 Å². The summed E-state index contributed by atoms with van der Waals surface area (Å²) in [6, 6.07) is 0. The summed E-state index contributed by atoms with van der Waals surface area (Å²) in [4.78, 5) is 23.9. The maximum Gasteiger partial charge on any atom is 0.407 e. The molecule has 1 amide bonds. The Hall–Kier alpha value is -1.30. The summed E-state index contributed by atoms with van der Waals surface area (Å²) in [5, 5.41) is 9.17. The predicted molar refractivity (Wildman–Crippen MR) is 82.8 cm³/mol. The molecule has 6 nitrogen and oxygen atoms in total. The van der Waals surface area contributed by atoms with Crippen molar-refractivity contribution in [3.05, 3.63) is 0 Å². The van der Waals surface area contributed by atoms with Crippen LogP contribution in [0.25, 0.3) is 0 Å². The number of nitrogens with zero attached hydrogens (tertiary/aromatic N) is 1. The molecule has 0 aromatic heterocycles. The minimum Gasteiger partial charge on any atom is -0.466 e. The van der Waals surface area contributed by atoms with E-state index in [2.05, 4.69) is 20.8 Å². The Kier molecular flexibility index (Phi) is 7.13. The molecule has 0 aromatic rings. The molecular weight excluding hydrogens is 286 g/mol. The minimum atomic E-state index is -0.866. The molecule has 0 aliphatic carbocycles. The third-order valence-electron chi connectivity index (χ3n) is 4.09. The number of likely N-dealkylation sites (tertiary alicyclic amines) is 1. The van der Waals surface area contributed by atoms with Crippen molar-refractivity contribution in [3.8, 4) is 0 Å². The third kappa shape index (κ3) is 5.83. The molecule has 2 unspecified atom stereocenters. The maximum absolute atomic E-state index is 11.3. The molecule has 0 aromatic carbocycles. The summed E-state index contributed by atoms with van der Waals surface area (Å²) in [7, 11) is 0. The Morgan fingerprint density at radius 1 is 1.32 bits per heavy atom. The Morgan fingerprint density at radius 3 is 2.55 bits per heavy atom. The van der Waals surface area contributed by atoms with Crippen LogP contribution in [-0.2, 0) is 14.3 Å². The van der Waals surface area contributed by atoms with Crippen LogP contribution >= 0.6 is 0 Å². The molecule has 128 valence electrons. The molecule has 0 saturated carbocycles. The van der Waals surface area contributed by atoms with Gasteiger partial charge in [0.25, 0.3) is 0 Å². The molecule has 1 N–H and O–H groups in total. The summed E-state index contributed by atoms with van der Waals surface area (Å²) < 4.78 is 10.8. The number of piperidine rings is 1. The van der Waals surface area contributed by atoms with Crippen molar-refractivity contribution in [2.75, 3.05) is 26.3 Å². The number of amides is 1. The molecule has 0 radical (unpaired) electrons. The number of hydrogen-bond donors (Lipinski definition) is 1. The fourth-order valence-corrected chi connectivity index (χ4v) is 2.82. The number of esters is 1. The molecular formula is C16H29NO5. The first-order valence-electron chi connectivity index (χ1n) is 8.00. The fourth-order valence-electron chi connectivity index (χ4n) is 2.82. The first kappa shape index (κ1) is 18.7. The van der Waals surface area contributed by atoms with E-state index >= 15 is 0 Å². The summed E-state index contributed by atoms with van der Waals surface area (Å²) in [6.45, 7) is 10.0. The van der Waals surface area contributed by atoms with Crippen LogP contribution in [-0.4, -0.2) is 54.5 Å². The van der Waals surface area contributed by atoms with E-state index in [1.54, 1.807) is 6.92 Å². The predicted octanol–water partition coefficient (Wildman–Crippen LogP) is 2.76. The first-order valence-corrected chi connectivity index (χ1v) is 8.00. The van der Waals surface area contributed by atoms with Crippen LogP contribution in [0.3, 0.4) is 0 Å². The van der Waals surface area contributed by atoms with Gasteiger partial charge in [0.15, 0.2) is 0 Å². The minimum absolute atomic E-state index is 0.0278. The number of carboxylic acid groups (broad SMARTS) is 1. The molecule has 1 rings (SSSR count). The number of ether oxygens (including phenoxy) is 2. The highest BCUT2D eigenvalue weighted by atomic mass is 16.5. The zero-order valence-corrected chi connectivity index (χ0v) is 14.1. The summed E-state index contributed by atoms with van der Waals surface area (Å²) >= 11 is 0. The van der Waals surface area contributed by atoms with Crippen LogP contribution in [0, 0.1) is 11.3 Å². The van der Waals surface area contributed by atoms with Crippen molar-refractivity contribution >= 4 is 12.1 Å². The maximum atomic E-state index is 11.3. The monoisotopic (exact) mass is 315 g/mol. The highest BCUT2D eigenvalue weighted by molar-refractivity contribution is 5.69. The number of hydrogen-bond acceptors (Lipinski definition) is 4. The van der Waals surface area contributed by atoms with Crippen molar-refractivity contribution in [1.29, 1.82) is 0 Å². The van der Waals surface area contributed by atoms with E-state index in [0.29, 0.717) is 45.6 Å². The second-order valence-corrected chi connectivity index (χ2v) is 6.81. The van der Waals surface area contributed by atoms with Gasteiger partial charge in [-0.3, -0.25) is 4.79 Å². The number of carbonyl (C=O) groups excluding carboxylic acids is 1. The van der Waals surface area contributed by atoms with Crippen molar-refractivity contribution in [3.63, 3.8) is 0 Å². The lowest BCUT2D eigenvalue weighted by molar-refractivity contribution is -0.143. The first-order chi connectivity index (χ1) is 10.3. The molecule has 1 aliphatic rings. The lowest BCUT2D eigenvalue weighted by Crippen LogP contribution is -2.50. The second kappa shape index (κ2) is 8.36. The standard InChI is InChI=1S/C16H29NO5/c1-5-21-14(18)7-6-10-22-13-8-9-17(15(19)20)11-12(13)16(2,3)4/h12-13H,5-11H2,1-4H3,(H,19,20). The van der Waals surface area contributed by atoms with Gasteiger partial charge in [0.2, 0.25) is 0 Å². The zero-order valence-electron chi connectivity index (χ0n) is 14.1. The SMILES string of the molecule is CCOC(=O)CCCOC1CCN(C(=O)O)CC1C(C)(C)C. The van der Waals surface area contributed by atoms with Crippen LogP contribution in [0.1, 0.15) is 47.0 Å². The van der Waals surface area contributed by atoms with Gasteiger partial charge in [-0.25, -0.2) is 4.79 Å². The van der Waals surface area contributed by atoms with Crippen LogP contribution < -0.4 is 0 Å². The van der Waals surface area contributed by atoms with E-state index in [1.165, 1.54) is 4.90 Å². The van der Waals surface area contributed by atoms with E-state index < -0.39 is 6.09 Å². The molecule has 1 fully saturated rings. The average molecular weight is 315 g/mol. The molecule has 0 bridgehead atoms. The van der Waals surface area contributed by atoms with Crippen LogP contribution in [0.15, 0.2) is 0 Å². The molecule has 2 atom stereocenters. The smallest absolute Gasteiger partial charge is 0.407 e. The van der Waals surface area contributed by atoms with Gasteiger partial charge in [0.1, 0.15) is 0 Å². The lowest BCUT2D eigenvalue weighted by Gasteiger charge is -2.43. The summed E-state index contributed by atoms with van der Waals surface area (Å²) in [5.41, 5.74) is -0.0278. The van der Waals surface area contributed by atoms with Crippen LogP contribution in [0.4, 0.5) is 4.79 Å². The van der Waals surface area contributed by atoms with Gasteiger partial charge in [-0.2, -0.15) is 0 Å². The van der Waals surface area contributed by atoms with E-state index in [9.17, 15) is 9.59 Å². The molecule has 0 spiro atoms. The molecule has 1 saturated heterocycles. The normalized spacial score (nSPS) is 22.5.